The zero-order chi connectivity index (χ0) is 19.0. The zero-order valence-electron chi connectivity index (χ0n) is 15.8. The van der Waals surface area contributed by atoms with Gasteiger partial charge in [-0.05, 0) is 51.0 Å². The van der Waals surface area contributed by atoms with Gasteiger partial charge in [-0.15, -0.1) is 0 Å². The number of ether oxygens (including phenoxy) is 1. The fraction of sp³-hybridized carbons (Fsp3) is 0.429. The minimum Gasteiger partial charge on any atom is -0.482 e. The van der Waals surface area contributed by atoms with Gasteiger partial charge in [0.25, 0.3) is 11.8 Å². The number of anilines is 2. The highest BCUT2D eigenvalue weighted by Gasteiger charge is 2.23. The average molecular weight is 367 g/mol. The Kier molecular flexibility index (Phi) is 4.64. The predicted molar refractivity (Wildman–Crippen MR) is 105 cm³/mol. The van der Waals surface area contributed by atoms with Crippen molar-refractivity contribution in [3.05, 3.63) is 41.2 Å². The maximum Gasteiger partial charge on any atom is 0.262 e. The van der Waals surface area contributed by atoms with Gasteiger partial charge in [0.15, 0.2) is 6.61 Å². The molecular weight excluding hydrogens is 342 g/mol. The lowest BCUT2D eigenvalue weighted by atomic mass is 9.95. The standard InChI is InChI=1S/C21H25N3O3/c1-13-10-17(14(2)24(13)16-6-4-3-5-7-16)21(26)22-15-8-9-19-18(11-15)23-20(25)12-27-19/h8-11,16H,3-7,12H2,1-2H3,(H,22,26)(H,23,25). The largest absolute Gasteiger partial charge is 0.482 e. The van der Waals surface area contributed by atoms with Gasteiger partial charge in [0.05, 0.1) is 11.3 Å². The molecule has 4 rings (SSSR count). The van der Waals surface area contributed by atoms with Crippen molar-refractivity contribution in [2.24, 2.45) is 0 Å². The Morgan fingerprint density at radius 3 is 2.74 bits per heavy atom. The number of aromatic nitrogens is 1. The number of nitrogens with one attached hydrogen (secondary N) is 2. The van der Waals surface area contributed by atoms with E-state index in [2.05, 4.69) is 22.1 Å². The van der Waals surface area contributed by atoms with Gasteiger partial charge in [-0.25, -0.2) is 0 Å². The summed E-state index contributed by atoms with van der Waals surface area (Å²) in [6.45, 7) is 4.12. The van der Waals surface area contributed by atoms with Crippen LogP contribution in [0.4, 0.5) is 11.4 Å². The summed E-state index contributed by atoms with van der Waals surface area (Å²) in [5.74, 6) is 0.290. The predicted octanol–water partition coefficient (Wildman–Crippen LogP) is 4.19. The molecule has 2 amide bonds. The number of nitrogens with zero attached hydrogens (tertiary/aromatic N) is 1. The lowest BCUT2D eigenvalue weighted by Gasteiger charge is -2.26. The van der Waals surface area contributed by atoms with Crippen molar-refractivity contribution in [1.82, 2.24) is 4.57 Å². The van der Waals surface area contributed by atoms with Crippen molar-refractivity contribution in [3.8, 4) is 5.75 Å². The van der Waals surface area contributed by atoms with Gasteiger partial charge >= 0.3 is 0 Å². The second-order valence-corrected chi connectivity index (χ2v) is 7.45. The zero-order valence-corrected chi connectivity index (χ0v) is 15.8. The molecule has 0 atom stereocenters. The quantitative estimate of drug-likeness (QED) is 0.854. The SMILES string of the molecule is Cc1cc(C(=O)Nc2ccc3c(c2)NC(=O)CO3)c(C)n1C1CCCCC1. The summed E-state index contributed by atoms with van der Waals surface area (Å²) in [4.78, 5) is 24.4. The molecule has 1 aromatic carbocycles. The van der Waals surface area contributed by atoms with Crippen LogP contribution in [0.1, 0.15) is 59.9 Å². The van der Waals surface area contributed by atoms with Gasteiger partial charge in [-0.3, -0.25) is 9.59 Å². The maximum absolute atomic E-state index is 12.9. The lowest BCUT2D eigenvalue weighted by Crippen LogP contribution is -2.25. The molecule has 27 heavy (non-hydrogen) atoms. The van der Waals surface area contributed by atoms with Gasteiger partial charge in [-0.2, -0.15) is 0 Å². The van der Waals surface area contributed by atoms with Crippen LogP contribution < -0.4 is 15.4 Å². The molecule has 142 valence electrons. The Balaban J connectivity index is 1.55. The molecule has 1 aromatic heterocycles. The highest BCUT2D eigenvalue weighted by molar-refractivity contribution is 6.06. The molecule has 2 aromatic rings. The average Bonchev–Trinajstić information content (AvgIpc) is 2.96. The molecule has 0 spiro atoms. The molecule has 6 nitrogen and oxygen atoms in total. The first-order valence-electron chi connectivity index (χ1n) is 9.59. The highest BCUT2D eigenvalue weighted by Crippen LogP contribution is 2.33. The third kappa shape index (κ3) is 3.44. The number of fused-ring (bicyclic) bond motifs is 1. The monoisotopic (exact) mass is 367 g/mol. The van der Waals surface area contributed by atoms with E-state index in [1.165, 1.54) is 32.1 Å². The second-order valence-electron chi connectivity index (χ2n) is 7.45. The number of amides is 2. The third-order valence-electron chi connectivity index (χ3n) is 5.54. The fourth-order valence-corrected chi connectivity index (χ4v) is 4.27. The van der Waals surface area contributed by atoms with Crippen LogP contribution in [0.3, 0.4) is 0 Å². The number of carbonyl (C=O) groups excluding carboxylic acids is 2. The summed E-state index contributed by atoms with van der Waals surface area (Å²) < 4.78 is 7.69. The Morgan fingerprint density at radius 1 is 1.19 bits per heavy atom. The van der Waals surface area contributed by atoms with Crippen LogP contribution in [-0.2, 0) is 4.79 Å². The van der Waals surface area contributed by atoms with Crippen LogP contribution in [0.5, 0.6) is 5.75 Å². The Hall–Kier alpha value is -2.76. The minimum atomic E-state index is -0.193. The van der Waals surface area contributed by atoms with Crippen molar-refractivity contribution in [1.29, 1.82) is 0 Å². The van der Waals surface area contributed by atoms with Crippen LogP contribution >= 0.6 is 0 Å². The Bertz CT molecular complexity index is 894. The molecule has 2 aliphatic rings. The van der Waals surface area contributed by atoms with Crippen molar-refractivity contribution >= 4 is 23.2 Å². The Morgan fingerprint density at radius 2 is 1.96 bits per heavy atom. The molecule has 2 heterocycles. The molecule has 0 unspecified atom stereocenters. The lowest BCUT2D eigenvalue weighted by molar-refractivity contribution is -0.118. The van der Waals surface area contributed by atoms with E-state index in [1.54, 1.807) is 18.2 Å². The molecule has 6 heteroatoms. The number of hydrogen-bond donors (Lipinski definition) is 2. The number of hydrogen-bond acceptors (Lipinski definition) is 3. The van der Waals surface area contributed by atoms with Crippen molar-refractivity contribution in [2.75, 3.05) is 17.2 Å². The maximum atomic E-state index is 12.9. The number of carbonyl (C=O) groups is 2. The highest BCUT2D eigenvalue weighted by atomic mass is 16.5. The van der Waals surface area contributed by atoms with Crippen molar-refractivity contribution < 1.29 is 14.3 Å². The summed E-state index contributed by atoms with van der Waals surface area (Å²) in [5, 5.41) is 5.71. The van der Waals surface area contributed by atoms with Crippen LogP contribution in [0.15, 0.2) is 24.3 Å². The molecule has 0 bridgehead atoms. The number of aryl methyl sites for hydroxylation is 1. The first-order chi connectivity index (χ1) is 13.0. The number of benzene rings is 1. The van der Waals surface area contributed by atoms with E-state index in [4.69, 9.17) is 4.74 Å². The van der Waals surface area contributed by atoms with Gasteiger partial charge in [0.2, 0.25) is 0 Å². The van der Waals surface area contributed by atoms with Crippen LogP contribution in [-0.4, -0.2) is 23.0 Å². The molecule has 0 saturated heterocycles. The fourth-order valence-electron chi connectivity index (χ4n) is 4.27. The topological polar surface area (TPSA) is 72.4 Å². The Labute approximate surface area is 158 Å². The molecule has 0 radical (unpaired) electrons. The number of rotatable bonds is 3. The van der Waals surface area contributed by atoms with E-state index in [0.29, 0.717) is 28.7 Å². The summed E-state index contributed by atoms with van der Waals surface area (Å²) in [6, 6.07) is 7.74. The van der Waals surface area contributed by atoms with Crippen molar-refractivity contribution in [3.63, 3.8) is 0 Å². The first kappa shape index (κ1) is 17.6. The molecule has 1 aliphatic heterocycles. The molecular formula is C21H25N3O3. The van der Waals surface area contributed by atoms with Gasteiger partial charge in [-0.1, -0.05) is 19.3 Å². The van der Waals surface area contributed by atoms with E-state index >= 15 is 0 Å². The van der Waals surface area contributed by atoms with E-state index < -0.39 is 0 Å². The van der Waals surface area contributed by atoms with Gasteiger partial charge in [0.1, 0.15) is 5.75 Å². The van der Waals surface area contributed by atoms with E-state index in [9.17, 15) is 9.59 Å². The summed E-state index contributed by atoms with van der Waals surface area (Å²) in [6.07, 6.45) is 6.18. The summed E-state index contributed by atoms with van der Waals surface area (Å²) >= 11 is 0. The minimum absolute atomic E-state index is 0.0197. The van der Waals surface area contributed by atoms with E-state index in [0.717, 1.165) is 11.4 Å². The smallest absolute Gasteiger partial charge is 0.262 e. The summed E-state index contributed by atoms with van der Waals surface area (Å²) in [7, 11) is 0. The van der Waals surface area contributed by atoms with E-state index in [1.807, 2.05) is 13.0 Å². The molecule has 1 saturated carbocycles. The third-order valence-corrected chi connectivity index (χ3v) is 5.54. The first-order valence-corrected chi connectivity index (χ1v) is 9.59. The molecule has 2 N–H and O–H groups in total. The van der Waals surface area contributed by atoms with Crippen LogP contribution in [0, 0.1) is 13.8 Å². The van der Waals surface area contributed by atoms with Gasteiger partial charge in [0, 0.05) is 23.1 Å². The normalized spacial score (nSPS) is 17.0. The molecule has 1 aliphatic carbocycles. The van der Waals surface area contributed by atoms with Crippen LogP contribution in [0.25, 0.3) is 0 Å². The van der Waals surface area contributed by atoms with E-state index in [-0.39, 0.29) is 18.4 Å². The summed E-state index contributed by atoms with van der Waals surface area (Å²) in [5.41, 5.74) is 4.07. The van der Waals surface area contributed by atoms with Crippen molar-refractivity contribution in [2.45, 2.75) is 52.0 Å². The second kappa shape index (κ2) is 7.10. The molecule has 1 fully saturated rings. The van der Waals surface area contributed by atoms with Crippen LogP contribution in [0.2, 0.25) is 0 Å². The van der Waals surface area contributed by atoms with Gasteiger partial charge < -0.3 is 19.9 Å².